The molecule has 11 N–H and O–H groups in total. The summed E-state index contributed by atoms with van der Waals surface area (Å²) >= 11 is 0. The highest BCUT2D eigenvalue weighted by Crippen LogP contribution is 2.07. The summed E-state index contributed by atoms with van der Waals surface area (Å²) in [5, 5.41) is 25.4. The molecule has 0 radical (unpaired) electrons. The Kier molecular flexibility index (Phi) is 13.8. The summed E-state index contributed by atoms with van der Waals surface area (Å²) < 4.78 is 0. The van der Waals surface area contributed by atoms with Gasteiger partial charge in [-0.3, -0.25) is 19.2 Å². The van der Waals surface area contributed by atoms with E-state index in [1.54, 1.807) is 13.8 Å². The second-order valence-electron chi connectivity index (χ2n) is 7.90. The number of nitrogens with two attached hydrogens (primary N) is 3. The van der Waals surface area contributed by atoms with Crippen LogP contribution in [0.1, 0.15) is 46.0 Å². The first-order valence-electron chi connectivity index (χ1n) is 10.4. The molecule has 13 heteroatoms. The van der Waals surface area contributed by atoms with Gasteiger partial charge in [0, 0.05) is 0 Å². The molecule has 0 fully saturated rings. The van der Waals surface area contributed by atoms with Crippen LogP contribution in [0.4, 0.5) is 0 Å². The van der Waals surface area contributed by atoms with Crippen molar-refractivity contribution in [3.63, 3.8) is 0 Å². The van der Waals surface area contributed by atoms with Crippen molar-refractivity contribution in [2.45, 2.75) is 70.1 Å². The lowest BCUT2D eigenvalue weighted by atomic mass is 10.0. The highest BCUT2D eigenvalue weighted by molar-refractivity contribution is 5.96. The molecule has 0 aliphatic heterocycles. The standard InChI is InChI=1S/C19H36N6O7/c1-10(2)7-14(19(31)32)25-18(30)13(8-15(22)27)24-17(29)12(5-3-4-6-20)23-16(28)11(21)9-26/h10-14,26H,3-9,20-21H2,1-2H3,(H2,22,27)(H,23,28)(H,24,29)(H,25,30)(H,31,32). The van der Waals surface area contributed by atoms with Gasteiger partial charge in [0.25, 0.3) is 0 Å². The zero-order valence-corrected chi connectivity index (χ0v) is 18.5. The molecular weight excluding hydrogens is 424 g/mol. The summed E-state index contributed by atoms with van der Waals surface area (Å²) in [6.45, 7) is 3.27. The molecule has 0 saturated heterocycles. The minimum atomic E-state index is -1.45. The highest BCUT2D eigenvalue weighted by Gasteiger charge is 2.31. The smallest absolute Gasteiger partial charge is 0.326 e. The molecule has 32 heavy (non-hydrogen) atoms. The van der Waals surface area contributed by atoms with Crippen molar-refractivity contribution >= 4 is 29.6 Å². The Morgan fingerprint density at radius 2 is 1.41 bits per heavy atom. The van der Waals surface area contributed by atoms with Gasteiger partial charge in [-0.2, -0.15) is 0 Å². The molecule has 0 aliphatic carbocycles. The fourth-order valence-electron chi connectivity index (χ4n) is 2.77. The van der Waals surface area contributed by atoms with Gasteiger partial charge in [-0.15, -0.1) is 0 Å². The number of primary amides is 1. The lowest BCUT2D eigenvalue weighted by Crippen LogP contribution is -2.58. The lowest BCUT2D eigenvalue weighted by molar-refractivity contribution is -0.143. The van der Waals surface area contributed by atoms with Crippen LogP contribution in [0.15, 0.2) is 0 Å². The number of carbonyl (C=O) groups excluding carboxylic acids is 4. The van der Waals surface area contributed by atoms with Crippen molar-refractivity contribution in [2.24, 2.45) is 23.1 Å². The molecule has 0 aliphatic rings. The van der Waals surface area contributed by atoms with Gasteiger partial charge in [0.15, 0.2) is 0 Å². The third-order valence-electron chi connectivity index (χ3n) is 4.47. The number of rotatable bonds is 16. The second kappa shape index (κ2) is 15.1. The number of hydrogen-bond donors (Lipinski definition) is 8. The molecule has 0 bridgehead atoms. The zero-order valence-electron chi connectivity index (χ0n) is 18.5. The number of carboxylic acids is 1. The maximum Gasteiger partial charge on any atom is 0.326 e. The summed E-state index contributed by atoms with van der Waals surface area (Å²) in [7, 11) is 0. The van der Waals surface area contributed by atoms with Crippen molar-refractivity contribution in [2.75, 3.05) is 13.2 Å². The molecule has 0 spiro atoms. The molecule has 4 atom stereocenters. The molecule has 184 valence electrons. The van der Waals surface area contributed by atoms with Gasteiger partial charge in [0.2, 0.25) is 23.6 Å². The maximum atomic E-state index is 12.8. The van der Waals surface area contributed by atoms with Crippen molar-refractivity contribution < 1.29 is 34.2 Å². The van der Waals surface area contributed by atoms with Crippen molar-refractivity contribution in [1.29, 1.82) is 0 Å². The van der Waals surface area contributed by atoms with Crippen LogP contribution in [-0.4, -0.2) is 77.1 Å². The van der Waals surface area contributed by atoms with Crippen molar-refractivity contribution in [3.05, 3.63) is 0 Å². The van der Waals surface area contributed by atoms with Crippen LogP contribution in [-0.2, 0) is 24.0 Å². The van der Waals surface area contributed by atoms with E-state index in [2.05, 4.69) is 16.0 Å². The van der Waals surface area contributed by atoms with E-state index in [4.69, 9.17) is 22.3 Å². The maximum absolute atomic E-state index is 12.8. The fraction of sp³-hybridized carbons (Fsp3) is 0.737. The Labute approximate surface area is 186 Å². The largest absolute Gasteiger partial charge is 0.480 e. The van der Waals surface area contributed by atoms with Crippen molar-refractivity contribution in [3.8, 4) is 0 Å². The molecular formula is C19H36N6O7. The van der Waals surface area contributed by atoms with E-state index < -0.39 is 66.8 Å². The van der Waals surface area contributed by atoms with E-state index in [0.717, 1.165) is 0 Å². The zero-order chi connectivity index (χ0) is 24.8. The normalized spacial score (nSPS) is 14.7. The highest BCUT2D eigenvalue weighted by atomic mass is 16.4. The van der Waals surface area contributed by atoms with E-state index >= 15 is 0 Å². The number of aliphatic hydroxyl groups excluding tert-OH is 1. The number of amides is 4. The van der Waals surface area contributed by atoms with Crippen LogP contribution in [0.25, 0.3) is 0 Å². The van der Waals surface area contributed by atoms with Crippen LogP contribution in [0.2, 0.25) is 0 Å². The van der Waals surface area contributed by atoms with E-state index in [-0.39, 0.29) is 18.8 Å². The molecule has 4 amide bonds. The number of unbranched alkanes of at least 4 members (excludes halogenated alkanes) is 1. The summed E-state index contributed by atoms with van der Waals surface area (Å²) in [4.78, 5) is 60.3. The van der Waals surface area contributed by atoms with E-state index in [1.165, 1.54) is 0 Å². The predicted molar refractivity (Wildman–Crippen MR) is 115 cm³/mol. The predicted octanol–water partition coefficient (Wildman–Crippen LogP) is -3.10. The van der Waals surface area contributed by atoms with Gasteiger partial charge < -0.3 is 43.4 Å². The Hall–Kier alpha value is -2.77. The quantitative estimate of drug-likeness (QED) is 0.109. The molecule has 0 rings (SSSR count). The number of aliphatic carboxylic acids is 1. The van der Waals surface area contributed by atoms with E-state index in [0.29, 0.717) is 19.4 Å². The average molecular weight is 461 g/mol. The molecule has 13 nitrogen and oxygen atoms in total. The topological polar surface area (TPSA) is 240 Å². The first-order chi connectivity index (χ1) is 14.9. The minimum absolute atomic E-state index is 0.0431. The Balaban J connectivity index is 5.46. The van der Waals surface area contributed by atoms with Gasteiger partial charge in [0.05, 0.1) is 13.0 Å². The third-order valence-corrected chi connectivity index (χ3v) is 4.47. The Bertz CT molecular complexity index is 658. The Morgan fingerprint density at radius 1 is 0.875 bits per heavy atom. The average Bonchev–Trinajstić information content (AvgIpc) is 2.70. The number of nitrogens with one attached hydrogen (secondary N) is 3. The summed E-state index contributed by atoms with van der Waals surface area (Å²) in [6, 6.07) is -5.05. The molecule has 0 aromatic rings. The van der Waals surface area contributed by atoms with Gasteiger partial charge in [-0.25, -0.2) is 4.79 Å². The summed E-state index contributed by atoms with van der Waals surface area (Å²) in [5.41, 5.74) is 16.1. The summed E-state index contributed by atoms with van der Waals surface area (Å²) in [6.07, 6.45) is 0.737. The van der Waals surface area contributed by atoms with Gasteiger partial charge in [-0.1, -0.05) is 13.8 Å². The first kappa shape index (κ1) is 29.2. The number of carbonyl (C=O) groups is 5. The minimum Gasteiger partial charge on any atom is -0.480 e. The van der Waals surface area contributed by atoms with Crippen LogP contribution in [0.3, 0.4) is 0 Å². The van der Waals surface area contributed by atoms with Gasteiger partial charge in [-0.05, 0) is 38.1 Å². The first-order valence-corrected chi connectivity index (χ1v) is 10.4. The van der Waals surface area contributed by atoms with E-state index in [1.807, 2.05) is 0 Å². The molecule has 0 aromatic heterocycles. The van der Waals surface area contributed by atoms with Crippen LogP contribution >= 0.6 is 0 Å². The second-order valence-corrected chi connectivity index (χ2v) is 7.90. The molecule has 4 unspecified atom stereocenters. The van der Waals surface area contributed by atoms with Crippen molar-refractivity contribution in [1.82, 2.24) is 16.0 Å². The molecule has 0 heterocycles. The molecule has 0 aromatic carbocycles. The van der Waals surface area contributed by atoms with E-state index in [9.17, 15) is 29.1 Å². The monoisotopic (exact) mass is 460 g/mol. The number of carboxylic acid groups (broad SMARTS) is 1. The number of hydrogen-bond acceptors (Lipinski definition) is 8. The van der Waals surface area contributed by atoms with Gasteiger partial charge >= 0.3 is 5.97 Å². The van der Waals surface area contributed by atoms with Gasteiger partial charge in [0.1, 0.15) is 24.2 Å². The fourth-order valence-corrected chi connectivity index (χ4v) is 2.77. The Morgan fingerprint density at radius 3 is 1.88 bits per heavy atom. The SMILES string of the molecule is CC(C)CC(NC(=O)C(CC(N)=O)NC(=O)C(CCCCN)NC(=O)C(N)CO)C(=O)O. The third kappa shape index (κ3) is 11.6. The lowest BCUT2D eigenvalue weighted by Gasteiger charge is -2.25. The van der Waals surface area contributed by atoms with Crippen LogP contribution in [0, 0.1) is 5.92 Å². The molecule has 0 saturated carbocycles. The summed E-state index contributed by atoms with van der Waals surface area (Å²) in [5.74, 6) is -4.67. The van der Waals surface area contributed by atoms with Crippen LogP contribution < -0.4 is 33.2 Å². The van der Waals surface area contributed by atoms with Crippen LogP contribution in [0.5, 0.6) is 0 Å². The number of aliphatic hydroxyl groups is 1.